The van der Waals surface area contributed by atoms with Crippen LogP contribution >= 0.6 is 0 Å². The highest BCUT2D eigenvalue weighted by Gasteiger charge is 2.25. The summed E-state index contributed by atoms with van der Waals surface area (Å²) in [5.74, 6) is -0.220. The van der Waals surface area contributed by atoms with Gasteiger partial charge in [-0.05, 0) is 49.9 Å². The molecule has 0 radical (unpaired) electrons. The van der Waals surface area contributed by atoms with Crippen molar-refractivity contribution in [3.8, 4) is 0 Å². The third-order valence-electron chi connectivity index (χ3n) is 5.96. The molecule has 2 fully saturated rings. The number of ether oxygens (including phenoxy) is 3. The Bertz CT molecular complexity index is 602. The monoisotopic (exact) mass is 403 g/mol. The van der Waals surface area contributed by atoms with Crippen LogP contribution in [0.1, 0.15) is 80.8 Å². The highest BCUT2D eigenvalue weighted by atomic mass is 16.6. The molecule has 0 bridgehead atoms. The van der Waals surface area contributed by atoms with Gasteiger partial charge in [0.25, 0.3) is 0 Å². The van der Waals surface area contributed by atoms with E-state index in [0.29, 0.717) is 18.8 Å². The van der Waals surface area contributed by atoms with E-state index in [2.05, 4.69) is 18.7 Å². The van der Waals surface area contributed by atoms with E-state index < -0.39 is 0 Å². The zero-order chi connectivity index (χ0) is 20.5. The second kappa shape index (κ2) is 11.7. The highest BCUT2D eigenvalue weighted by molar-refractivity contribution is 5.89. The van der Waals surface area contributed by atoms with Crippen LogP contribution < -0.4 is 0 Å². The molecule has 0 aliphatic carbocycles. The summed E-state index contributed by atoms with van der Waals surface area (Å²) in [6.07, 6.45) is 7.98. The van der Waals surface area contributed by atoms with Crippen LogP contribution in [0.4, 0.5) is 0 Å². The van der Waals surface area contributed by atoms with Gasteiger partial charge in [0.05, 0.1) is 24.9 Å². The Morgan fingerprint density at radius 2 is 1.79 bits per heavy atom. The van der Waals surface area contributed by atoms with Gasteiger partial charge in [-0.15, -0.1) is 0 Å². The topological polar surface area (TPSA) is 48.0 Å². The fraction of sp³-hybridized carbons (Fsp3) is 0.708. The highest BCUT2D eigenvalue weighted by Crippen LogP contribution is 2.25. The molecule has 2 saturated heterocycles. The zero-order valence-corrected chi connectivity index (χ0v) is 18.1. The summed E-state index contributed by atoms with van der Waals surface area (Å²) >= 11 is 0. The third-order valence-corrected chi connectivity index (χ3v) is 5.96. The number of likely N-dealkylation sites (tertiary alicyclic amines) is 1. The van der Waals surface area contributed by atoms with Crippen LogP contribution in [0.25, 0.3) is 0 Å². The second-order valence-corrected chi connectivity index (χ2v) is 8.34. The number of carbonyl (C=O) groups excluding carboxylic acids is 1. The molecular weight excluding hydrogens is 366 g/mol. The van der Waals surface area contributed by atoms with Crippen molar-refractivity contribution < 1.29 is 19.0 Å². The van der Waals surface area contributed by atoms with Gasteiger partial charge in [-0.2, -0.15) is 0 Å². The van der Waals surface area contributed by atoms with Crippen molar-refractivity contribution in [2.75, 3.05) is 32.8 Å². The molecule has 0 amide bonds. The predicted molar refractivity (Wildman–Crippen MR) is 114 cm³/mol. The third kappa shape index (κ3) is 6.80. The lowest BCUT2D eigenvalue weighted by molar-refractivity contribution is -0.137. The molecule has 2 atom stereocenters. The van der Waals surface area contributed by atoms with E-state index >= 15 is 0 Å². The largest absolute Gasteiger partial charge is 0.459 e. The number of hydrogen-bond donors (Lipinski definition) is 0. The number of rotatable bonds is 9. The lowest BCUT2D eigenvalue weighted by atomic mass is 10.0. The smallest absolute Gasteiger partial charge is 0.338 e. The molecule has 2 unspecified atom stereocenters. The van der Waals surface area contributed by atoms with Gasteiger partial charge in [-0.3, -0.25) is 0 Å². The molecular formula is C24H37NO4. The van der Waals surface area contributed by atoms with Crippen LogP contribution in [0.15, 0.2) is 24.3 Å². The van der Waals surface area contributed by atoms with E-state index in [1.54, 1.807) is 0 Å². The minimum Gasteiger partial charge on any atom is -0.459 e. The fourth-order valence-electron chi connectivity index (χ4n) is 4.14. The van der Waals surface area contributed by atoms with Crippen molar-refractivity contribution in [1.29, 1.82) is 0 Å². The lowest BCUT2D eigenvalue weighted by Gasteiger charge is -2.31. The summed E-state index contributed by atoms with van der Waals surface area (Å²) in [7, 11) is 0. The minimum absolute atomic E-state index is 0.0370. The van der Waals surface area contributed by atoms with Crippen LogP contribution in [-0.2, 0) is 14.2 Å². The van der Waals surface area contributed by atoms with Gasteiger partial charge >= 0.3 is 5.97 Å². The molecule has 162 valence electrons. The average Bonchev–Trinajstić information content (AvgIpc) is 2.76. The Kier molecular flexibility index (Phi) is 8.96. The van der Waals surface area contributed by atoms with Gasteiger partial charge in [0, 0.05) is 13.1 Å². The normalized spacial score (nSPS) is 23.8. The van der Waals surface area contributed by atoms with Crippen molar-refractivity contribution in [3.05, 3.63) is 35.4 Å². The molecule has 1 aromatic carbocycles. The fourth-order valence-corrected chi connectivity index (χ4v) is 4.14. The van der Waals surface area contributed by atoms with E-state index in [4.69, 9.17) is 14.2 Å². The van der Waals surface area contributed by atoms with Gasteiger partial charge in [0.1, 0.15) is 12.2 Å². The molecule has 1 aromatic rings. The maximum absolute atomic E-state index is 12.5. The molecule has 0 spiro atoms. The Balaban J connectivity index is 1.42. The first kappa shape index (κ1) is 22.3. The van der Waals surface area contributed by atoms with Crippen molar-refractivity contribution >= 4 is 5.97 Å². The first-order valence-electron chi connectivity index (χ1n) is 11.5. The number of esters is 1. The summed E-state index contributed by atoms with van der Waals surface area (Å²) in [6, 6.07) is 7.62. The molecule has 2 aliphatic heterocycles. The van der Waals surface area contributed by atoms with Crippen molar-refractivity contribution in [3.63, 3.8) is 0 Å². The standard InChI is InChI=1S/C24H37NO4/c1-3-5-6-7-22-17-28-23(18-27-22)19-8-10-20(11-9-19)24(26)29-21-12-15-25(14-4-2)16-13-21/h8-11,21-23H,3-7,12-18H2,1-2H3. The van der Waals surface area contributed by atoms with Gasteiger partial charge in [-0.1, -0.05) is 45.2 Å². The van der Waals surface area contributed by atoms with Crippen molar-refractivity contribution in [2.45, 2.75) is 77.1 Å². The Morgan fingerprint density at radius 3 is 2.41 bits per heavy atom. The van der Waals surface area contributed by atoms with Crippen molar-refractivity contribution in [1.82, 2.24) is 4.90 Å². The Hall–Kier alpha value is -1.43. The lowest BCUT2D eigenvalue weighted by Crippen LogP contribution is -2.38. The van der Waals surface area contributed by atoms with E-state index in [1.807, 2.05) is 24.3 Å². The molecule has 0 saturated carbocycles. The average molecular weight is 404 g/mol. The number of unbranched alkanes of at least 4 members (excludes halogenated alkanes) is 2. The molecule has 29 heavy (non-hydrogen) atoms. The first-order valence-corrected chi connectivity index (χ1v) is 11.5. The maximum Gasteiger partial charge on any atom is 0.338 e. The number of piperidine rings is 1. The molecule has 5 heteroatoms. The van der Waals surface area contributed by atoms with E-state index in [0.717, 1.165) is 44.5 Å². The van der Waals surface area contributed by atoms with Gasteiger partial charge in [-0.25, -0.2) is 4.79 Å². The number of carbonyl (C=O) groups is 1. The van der Waals surface area contributed by atoms with Crippen LogP contribution in [0.2, 0.25) is 0 Å². The second-order valence-electron chi connectivity index (χ2n) is 8.34. The molecule has 0 aromatic heterocycles. The van der Waals surface area contributed by atoms with Crippen LogP contribution in [0, 0.1) is 0 Å². The quantitative estimate of drug-likeness (QED) is 0.440. The summed E-state index contributed by atoms with van der Waals surface area (Å²) in [6.45, 7) is 8.81. The maximum atomic E-state index is 12.5. The zero-order valence-electron chi connectivity index (χ0n) is 18.1. The van der Waals surface area contributed by atoms with E-state index in [9.17, 15) is 4.79 Å². The molecule has 2 heterocycles. The van der Waals surface area contributed by atoms with E-state index in [-0.39, 0.29) is 24.3 Å². The van der Waals surface area contributed by atoms with Crippen LogP contribution in [0.5, 0.6) is 0 Å². The molecule has 0 N–H and O–H groups in total. The summed E-state index contributed by atoms with van der Waals surface area (Å²) in [4.78, 5) is 14.9. The summed E-state index contributed by atoms with van der Waals surface area (Å²) in [5.41, 5.74) is 1.67. The first-order chi connectivity index (χ1) is 14.2. The van der Waals surface area contributed by atoms with Crippen molar-refractivity contribution in [2.24, 2.45) is 0 Å². The van der Waals surface area contributed by atoms with Crippen LogP contribution in [-0.4, -0.2) is 55.9 Å². The Morgan fingerprint density at radius 1 is 1.03 bits per heavy atom. The van der Waals surface area contributed by atoms with Gasteiger partial charge in [0.2, 0.25) is 0 Å². The molecule has 3 rings (SSSR count). The number of benzene rings is 1. The van der Waals surface area contributed by atoms with Crippen LogP contribution in [0.3, 0.4) is 0 Å². The Labute approximate surface area is 175 Å². The van der Waals surface area contributed by atoms with Gasteiger partial charge < -0.3 is 19.1 Å². The van der Waals surface area contributed by atoms with E-state index in [1.165, 1.54) is 25.7 Å². The minimum atomic E-state index is -0.220. The number of nitrogens with zero attached hydrogens (tertiary/aromatic N) is 1. The number of hydrogen-bond acceptors (Lipinski definition) is 5. The molecule has 5 nitrogen and oxygen atoms in total. The van der Waals surface area contributed by atoms with Gasteiger partial charge in [0.15, 0.2) is 0 Å². The molecule has 2 aliphatic rings. The summed E-state index contributed by atoms with van der Waals surface area (Å²) in [5, 5.41) is 0. The summed E-state index contributed by atoms with van der Waals surface area (Å²) < 4.78 is 17.7. The predicted octanol–water partition coefficient (Wildman–Crippen LogP) is 4.75. The SMILES string of the molecule is CCCCCC1COC(c2ccc(C(=O)OC3CCN(CCC)CC3)cc2)CO1.